The Morgan fingerprint density at radius 2 is 1.52 bits per heavy atom. The second kappa shape index (κ2) is 8.44. The van der Waals surface area contributed by atoms with Gasteiger partial charge in [-0.1, -0.05) is 54.1 Å². The molecule has 0 fully saturated rings. The zero-order valence-corrected chi connectivity index (χ0v) is 17.5. The number of nitrogens with zero attached hydrogens (tertiary/aromatic N) is 2. The van der Waals surface area contributed by atoms with Crippen molar-refractivity contribution in [2.24, 2.45) is 0 Å². The van der Waals surface area contributed by atoms with E-state index in [-0.39, 0.29) is 17.9 Å². The fourth-order valence-corrected chi connectivity index (χ4v) is 3.61. The molecule has 1 heterocycles. The van der Waals surface area contributed by atoms with E-state index in [1.165, 1.54) is 4.57 Å². The van der Waals surface area contributed by atoms with Crippen LogP contribution in [0.25, 0.3) is 16.6 Å². The molecule has 4 aromatic rings. The molecule has 0 aliphatic rings. The molecule has 0 aliphatic heterocycles. The molecule has 0 aliphatic carbocycles. The zero-order chi connectivity index (χ0) is 22.0. The standard InChI is InChI=1S/C25H23N3O3/c1-17-7-9-19(10-8-17)16-27-22-6-4-3-5-21(22)24(30)28(25(27)31)20-13-11-18(12-14-20)15-23(29)26-2/h3-14H,15-16H2,1-2H3,(H,26,29). The monoisotopic (exact) mass is 413 g/mol. The SMILES string of the molecule is CNC(=O)Cc1ccc(-n2c(=O)c3ccccc3n(Cc3ccc(C)cc3)c2=O)cc1. The fraction of sp³-hybridized carbons (Fsp3) is 0.160. The summed E-state index contributed by atoms with van der Waals surface area (Å²) >= 11 is 0. The van der Waals surface area contributed by atoms with Crippen LogP contribution >= 0.6 is 0 Å². The van der Waals surface area contributed by atoms with Crippen molar-refractivity contribution in [1.29, 1.82) is 0 Å². The van der Waals surface area contributed by atoms with E-state index in [2.05, 4.69) is 5.32 Å². The van der Waals surface area contributed by atoms with Gasteiger partial charge in [0.1, 0.15) is 0 Å². The van der Waals surface area contributed by atoms with Crippen LogP contribution in [0.15, 0.2) is 82.4 Å². The lowest BCUT2D eigenvalue weighted by Gasteiger charge is -2.15. The molecule has 0 radical (unpaired) electrons. The number of benzene rings is 3. The first-order chi connectivity index (χ1) is 15.0. The third kappa shape index (κ3) is 4.05. The normalized spacial score (nSPS) is 10.9. The predicted molar refractivity (Wildman–Crippen MR) is 122 cm³/mol. The number of carbonyl (C=O) groups excluding carboxylic acids is 1. The van der Waals surface area contributed by atoms with Crippen LogP contribution in [0, 0.1) is 6.92 Å². The van der Waals surface area contributed by atoms with Gasteiger partial charge in [0.25, 0.3) is 5.56 Å². The summed E-state index contributed by atoms with van der Waals surface area (Å²) in [4.78, 5) is 38.3. The maximum absolute atomic E-state index is 13.4. The summed E-state index contributed by atoms with van der Waals surface area (Å²) in [7, 11) is 1.59. The van der Waals surface area contributed by atoms with E-state index in [0.717, 1.165) is 16.7 Å². The van der Waals surface area contributed by atoms with E-state index < -0.39 is 5.69 Å². The molecule has 1 amide bonds. The molecule has 0 saturated heterocycles. The minimum atomic E-state index is -0.400. The maximum Gasteiger partial charge on any atom is 0.336 e. The molecule has 4 rings (SSSR count). The number of likely N-dealkylation sites (N-methyl/N-ethyl adjacent to an activating group) is 1. The van der Waals surface area contributed by atoms with Crippen molar-refractivity contribution >= 4 is 16.8 Å². The van der Waals surface area contributed by atoms with Crippen LogP contribution in [-0.2, 0) is 17.8 Å². The Morgan fingerprint density at radius 3 is 2.19 bits per heavy atom. The number of carbonyl (C=O) groups is 1. The van der Waals surface area contributed by atoms with Gasteiger partial charge in [-0.15, -0.1) is 0 Å². The molecule has 31 heavy (non-hydrogen) atoms. The molecule has 0 unspecified atom stereocenters. The second-order valence-electron chi connectivity index (χ2n) is 7.53. The molecule has 6 nitrogen and oxygen atoms in total. The van der Waals surface area contributed by atoms with E-state index in [9.17, 15) is 14.4 Å². The Morgan fingerprint density at radius 1 is 0.871 bits per heavy atom. The minimum Gasteiger partial charge on any atom is -0.359 e. The molecule has 1 N–H and O–H groups in total. The first-order valence-corrected chi connectivity index (χ1v) is 10.1. The van der Waals surface area contributed by atoms with Gasteiger partial charge in [0.2, 0.25) is 5.91 Å². The van der Waals surface area contributed by atoms with Crippen molar-refractivity contribution in [3.8, 4) is 5.69 Å². The smallest absolute Gasteiger partial charge is 0.336 e. The summed E-state index contributed by atoms with van der Waals surface area (Å²) < 4.78 is 2.82. The van der Waals surface area contributed by atoms with Crippen molar-refractivity contribution in [3.05, 3.63) is 110 Å². The quantitative estimate of drug-likeness (QED) is 0.547. The lowest BCUT2D eigenvalue weighted by molar-refractivity contribution is -0.119. The molecule has 3 aromatic carbocycles. The van der Waals surface area contributed by atoms with E-state index >= 15 is 0 Å². The van der Waals surface area contributed by atoms with Crippen molar-refractivity contribution in [3.63, 3.8) is 0 Å². The Hall–Kier alpha value is -3.93. The Kier molecular flexibility index (Phi) is 5.54. The Bertz CT molecular complexity index is 1360. The van der Waals surface area contributed by atoms with Gasteiger partial charge >= 0.3 is 5.69 Å². The van der Waals surface area contributed by atoms with Crippen LogP contribution in [0.1, 0.15) is 16.7 Å². The van der Waals surface area contributed by atoms with Gasteiger partial charge in [0.15, 0.2) is 0 Å². The number of rotatable bonds is 5. The van der Waals surface area contributed by atoms with Gasteiger partial charge < -0.3 is 5.32 Å². The minimum absolute atomic E-state index is 0.101. The van der Waals surface area contributed by atoms with Crippen LogP contribution in [0.5, 0.6) is 0 Å². The largest absolute Gasteiger partial charge is 0.359 e. The average molecular weight is 413 g/mol. The number of aryl methyl sites for hydroxylation is 1. The molecular weight excluding hydrogens is 390 g/mol. The summed E-state index contributed by atoms with van der Waals surface area (Å²) in [5.74, 6) is -0.101. The zero-order valence-electron chi connectivity index (χ0n) is 17.5. The number of fused-ring (bicyclic) bond motifs is 1. The summed E-state index contributed by atoms with van der Waals surface area (Å²) in [5.41, 5.74) is 3.23. The van der Waals surface area contributed by atoms with E-state index in [1.807, 2.05) is 37.3 Å². The van der Waals surface area contributed by atoms with Gasteiger partial charge in [0, 0.05) is 7.05 Å². The number of amides is 1. The van der Waals surface area contributed by atoms with Gasteiger partial charge in [-0.05, 0) is 42.3 Å². The van der Waals surface area contributed by atoms with Crippen LogP contribution < -0.4 is 16.6 Å². The van der Waals surface area contributed by atoms with Gasteiger partial charge in [-0.25, -0.2) is 9.36 Å². The molecule has 1 aromatic heterocycles. The summed E-state index contributed by atoms with van der Waals surface area (Å²) in [5, 5.41) is 3.06. The highest BCUT2D eigenvalue weighted by atomic mass is 16.2. The number of hydrogen-bond acceptors (Lipinski definition) is 3. The maximum atomic E-state index is 13.4. The number of hydrogen-bond donors (Lipinski definition) is 1. The molecule has 0 spiro atoms. The average Bonchev–Trinajstić information content (AvgIpc) is 2.79. The number of nitrogens with one attached hydrogen (secondary N) is 1. The number of para-hydroxylation sites is 1. The molecule has 0 bridgehead atoms. The summed E-state index contributed by atoms with van der Waals surface area (Å²) in [6.45, 7) is 2.37. The van der Waals surface area contributed by atoms with Crippen molar-refractivity contribution in [2.75, 3.05) is 7.05 Å². The molecule has 6 heteroatoms. The lowest BCUT2D eigenvalue weighted by Crippen LogP contribution is -2.39. The lowest BCUT2D eigenvalue weighted by atomic mass is 10.1. The van der Waals surface area contributed by atoms with Gasteiger partial charge in [0.05, 0.1) is 29.6 Å². The molecule has 156 valence electrons. The van der Waals surface area contributed by atoms with Crippen molar-refractivity contribution in [1.82, 2.24) is 14.5 Å². The topological polar surface area (TPSA) is 73.1 Å². The van der Waals surface area contributed by atoms with Crippen molar-refractivity contribution < 1.29 is 4.79 Å². The third-order valence-electron chi connectivity index (χ3n) is 5.35. The first kappa shape index (κ1) is 20.3. The third-order valence-corrected chi connectivity index (χ3v) is 5.35. The first-order valence-electron chi connectivity index (χ1n) is 10.1. The fourth-order valence-electron chi connectivity index (χ4n) is 3.61. The molecule has 0 saturated carbocycles. The molecular formula is C25H23N3O3. The van der Waals surface area contributed by atoms with Crippen LogP contribution in [0.2, 0.25) is 0 Å². The predicted octanol–water partition coefficient (Wildman–Crippen LogP) is 2.80. The van der Waals surface area contributed by atoms with E-state index in [0.29, 0.717) is 23.1 Å². The van der Waals surface area contributed by atoms with Crippen molar-refractivity contribution in [2.45, 2.75) is 19.9 Å². The highest BCUT2D eigenvalue weighted by Gasteiger charge is 2.15. The van der Waals surface area contributed by atoms with E-state index in [4.69, 9.17) is 0 Å². The Labute approximate surface area is 179 Å². The van der Waals surface area contributed by atoms with Gasteiger partial charge in [-0.2, -0.15) is 0 Å². The Balaban J connectivity index is 1.86. The van der Waals surface area contributed by atoms with Crippen LogP contribution in [0.3, 0.4) is 0 Å². The molecule has 0 atom stereocenters. The van der Waals surface area contributed by atoms with Crippen LogP contribution in [-0.4, -0.2) is 22.1 Å². The van der Waals surface area contributed by atoms with Gasteiger partial charge in [-0.3, -0.25) is 14.2 Å². The summed E-state index contributed by atoms with van der Waals surface area (Å²) in [6, 6.07) is 22.0. The summed E-state index contributed by atoms with van der Waals surface area (Å²) in [6.07, 6.45) is 0.237. The van der Waals surface area contributed by atoms with E-state index in [1.54, 1.807) is 54.1 Å². The highest BCUT2D eigenvalue weighted by molar-refractivity contribution is 5.79. The second-order valence-corrected chi connectivity index (χ2v) is 7.53. The van der Waals surface area contributed by atoms with Crippen LogP contribution in [0.4, 0.5) is 0 Å². The highest BCUT2D eigenvalue weighted by Crippen LogP contribution is 2.13. The number of aromatic nitrogens is 2.